The average Bonchev–Trinajstić information content (AvgIpc) is 3.43. The third-order valence-corrected chi connectivity index (χ3v) is 5.64. The minimum absolute atomic E-state index is 0.0358. The number of aromatic nitrogens is 3. The summed E-state index contributed by atoms with van der Waals surface area (Å²) in [6.07, 6.45) is 3.81. The number of rotatable bonds is 7. The van der Waals surface area contributed by atoms with E-state index in [-0.39, 0.29) is 23.6 Å². The van der Waals surface area contributed by atoms with Crippen molar-refractivity contribution in [2.24, 2.45) is 0 Å². The van der Waals surface area contributed by atoms with Gasteiger partial charge in [-0.3, -0.25) is 9.59 Å². The molecule has 0 radical (unpaired) electrons. The van der Waals surface area contributed by atoms with Gasteiger partial charge in [-0.15, -0.1) is 5.10 Å². The highest BCUT2D eigenvalue weighted by Gasteiger charge is 2.29. The van der Waals surface area contributed by atoms with Gasteiger partial charge in [-0.05, 0) is 36.1 Å². The molecule has 2 amide bonds. The molecule has 1 saturated heterocycles. The Hall–Kier alpha value is -3.19. The lowest BCUT2D eigenvalue weighted by molar-refractivity contribution is -0.131. The van der Waals surface area contributed by atoms with Gasteiger partial charge in [0.05, 0.1) is 25.2 Å². The SMILES string of the molecule is O=C(NCc1ccccc1)c1cn(CC2CCCN2C(=O)Cc2cccc(Cl)c2)nn1. The zero-order valence-corrected chi connectivity index (χ0v) is 17.8. The van der Waals surface area contributed by atoms with Crippen LogP contribution in [0.5, 0.6) is 0 Å². The topological polar surface area (TPSA) is 80.1 Å². The van der Waals surface area contributed by atoms with Crippen LogP contribution in [0.4, 0.5) is 0 Å². The molecular formula is C23H24ClN5O2. The predicted molar refractivity (Wildman–Crippen MR) is 118 cm³/mol. The molecule has 8 heteroatoms. The van der Waals surface area contributed by atoms with Crippen molar-refractivity contribution in [1.82, 2.24) is 25.2 Å². The summed E-state index contributed by atoms with van der Waals surface area (Å²) in [5.74, 6) is -0.193. The lowest BCUT2D eigenvalue weighted by Crippen LogP contribution is -2.39. The number of halogens is 1. The standard InChI is InChI=1S/C23H24ClN5O2/c24-19-9-4-8-18(12-19)13-22(30)29-11-5-10-20(29)15-28-16-21(26-27-28)23(31)25-14-17-6-2-1-3-7-17/h1-4,6-9,12,16,20H,5,10-11,13-15H2,(H,25,31). The zero-order chi connectivity index (χ0) is 21.6. The molecule has 1 aliphatic heterocycles. The number of nitrogens with one attached hydrogen (secondary N) is 1. The molecule has 1 N–H and O–H groups in total. The van der Waals surface area contributed by atoms with E-state index in [0.29, 0.717) is 24.5 Å². The van der Waals surface area contributed by atoms with E-state index in [1.54, 1.807) is 16.9 Å². The monoisotopic (exact) mass is 437 g/mol. The Morgan fingerprint density at radius 3 is 2.71 bits per heavy atom. The van der Waals surface area contributed by atoms with Gasteiger partial charge in [0.1, 0.15) is 0 Å². The van der Waals surface area contributed by atoms with Crippen LogP contribution in [0.25, 0.3) is 0 Å². The Kier molecular flexibility index (Phi) is 6.62. The number of hydrogen-bond acceptors (Lipinski definition) is 4. The fourth-order valence-electron chi connectivity index (χ4n) is 3.85. The van der Waals surface area contributed by atoms with E-state index < -0.39 is 0 Å². The molecule has 0 bridgehead atoms. The van der Waals surface area contributed by atoms with Crippen molar-refractivity contribution in [1.29, 1.82) is 0 Å². The van der Waals surface area contributed by atoms with Crippen LogP contribution in [-0.4, -0.2) is 44.3 Å². The van der Waals surface area contributed by atoms with Gasteiger partial charge in [-0.25, -0.2) is 4.68 Å². The highest BCUT2D eigenvalue weighted by atomic mass is 35.5. The maximum atomic E-state index is 12.8. The first-order chi connectivity index (χ1) is 15.1. The molecule has 1 fully saturated rings. The molecule has 1 aliphatic rings. The van der Waals surface area contributed by atoms with Crippen molar-refractivity contribution in [3.8, 4) is 0 Å². The molecular weight excluding hydrogens is 414 g/mol. The molecule has 0 aliphatic carbocycles. The number of likely N-dealkylation sites (tertiary alicyclic amines) is 1. The second kappa shape index (κ2) is 9.75. The van der Waals surface area contributed by atoms with Crippen LogP contribution in [0.3, 0.4) is 0 Å². The van der Waals surface area contributed by atoms with Gasteiger partial charge in [-0.1, -0.05) is 59.3 Å². The second-order valence-corrected chi connectivity index (χ2v) is 8.12. The van der Waals surface area contributed by atoms with E-state index in [4.69, 9.17) is 11.6 Å². The number of amides is 2. The van der Waals surface area contributed by atoms with Crippen LogP contribution in [0.1, 0.15) is 34.5 Å². The summed E-state index contributed by atoms with van der Waals surface area (Å²) < 4.78 is 1.65. The van der Waals surface area contributed by atoms with Crippen molar-refractivity contribution >= 4 is 23.4 Å². The zero-order valence-electron chi connectivity index (χ0n) is 17.1. The highest BCUT2D eigenvalue weighted by molar-refractivity contribution is 6.30. The van der Waals surface area contributed by atoms with Crippen LogP contribution in [0.15, 0.2) is 60.8 Å². The Morgan fingerprint density at radius 2 is 1.90 bits per heavy atom. The van der Waals surface area contributed by atoms with Crippen LogP contribution < -0.4 is 5.32 Å². The second-order valence-electron chi connectivity index (χ2n) is 7.68. The lowest BCUT2D eigenvalue weighted by Gasteiger charge is -2.24. The number of hydrogen-bond donors (Lipinski definition) is 1. The Morgan fingerprint density at radius 1 is 1.10 bits per heavy atom. The summed E-state index contributed by atoms with van der Waals surface area (Å²) >= 11 is 6.03. The van der Waals surface area contributed by atoms with Crippen molar-refractivity contribution in [3.05, 3.63) is 82.6 Å². The molecule has 0 saturated carbocycles. The first-order valence-electron chi connectivity index (χ1n) is 10.3. The third-order valence-electron chi connectivity index (χ3n) is 5.41. The lowest BCUT2D eigenvalue weighted by atomic mass is 10.1. The molecule has 2 heterocycles. The summed E-state index contributed by atoms with van der Waals surface area (Å²) in [7, 11) is 0. The number of nitrogens with zero attached hydrogens (tertiary/aromatic N) is 4. The molecule has 31 heavy (non-hydrogen) atoms. The van der Waals surface area contributed by atoms with Crippen molar-refractivity contribution < 1.29 is 9.59 Å². The van der Waals surface area contributed by atoms with Gasteiger partial charge in [-0.2, -0.15) is 0 Å². The minimum Gasteiger partial charge on any atom is -0.347 e. The van der Waals surface area contributed by atoms with Gasteiger partial charge >= 0.3 is 0 Å². The molecule has 1 atom stereocenters. The fraction of sp³-hybridized carbons (Fsp3) is 0.304. The van der Waals surface area contributed by atoms with Crippen LogP contribution in [0.2, 0.25) is 5.02 Å². The van der Waals surface area contributed by atoms with Crippen molar-refractivity contribution in [2.45, 2.75) is 38.4 Å². The van der Waals surface area contributed by atoms with Gasteiger partial charge in [0.25, 0.3) is 5.91 Å². The van der Waals surface area contributed by atoms with E-state index in [1.807, 2.05) is 53.4 Å². The van der Waals surface area contributed by atoms with Crippen molar-refractivity contribution in [2.75, 3.05) is 6.54 Å². The van der Waals surface area contributed by atoms with E-state index in [2.05, 4.69) is 15.6 Å². The quantitative estimate of drug-likeness (QED) is 0.616. The van der Waals surface area contributed by atoms with Gasteiger partial charge < -0.3 is 10.2 Å². The molecule has 4 rings (SSSR count). The third kappa shape index (κ3) is 5.49. The smallest absolute Gasteiger partial charge is 0.273 e. The maximum absolute atomic E-state index is 12.8. The molecule has 1 aromatic heterocycles. The van der Waals surface area contributed by atoms with Gasteiger partial charge in [0.2, 0.25) is 5.91 Å². The largest absolute Gasteiger partial charge is 0.347 e. The summed E-state index contributed by atoms with van der Waals surface area (Å²) in [5.41, 5.74) is 2.19. The van der Waals surface area contributed by atoms with E-state index in [9.17, 15) is 9.59 Å². The Labute approximate surface area is 186 Å². The fourth-order valence-corrected chi connectivity index (χ4v) is 4.07. The predicted octanol–water partition coefficient (Wildman–Crippen LogP) is 3.10. The first kappa shape index (κ1) is 21.1. The summed E-state index contributed by atoms with van der Waals surface area (Å²) in [4.78, 5) is 27.1. The van der Waals surface area contributed by atoms with Gasteiger partial charge in [0, 0.05) is 18.1 Å². The number of carbonyl (C=O) groups excluding carboxylic acids is 2. The van der Waals surface area contributed by atoms with Crippen LogP contribution in [-0.2, 0) is 24.3 Å². The minimum atomic E-state index is -0.268. The number of carbonyl (C=O) groups is 2. The number of benzene rings is 2. The van der Waals surface area contributed by atoms with Crippen molar-refractivity contribution in [3.63, 3.8) is 0 Å². The maximum Gasteiger partial charge on any atom is 0.273 e. The van der Waals surface area contributed by atoms with E-state index >= 15 is 0 Å². The molecule has 160 valence electrons. The van der Waals surface area contributed by atoms with E-state index in [0.717, 1.165) is 30.5 Å². The molecule has 1 unspecified atom stereocenters. The van der Waals surface area contributed by atoms with E-state index in [1.165, 1.54) is 0 Å². The average molecular weight is 438 g/mol. The molecule has 0 spiro atoms. The van der Waals surface area contributed by atoms with Gasteiger partial charge in [0.15, 0.2) is 5.69 Å². The summed E-state index contributed by atoms with van der Waals surface area (Å²) in [6, 6.07) is 17.1. The molecule has 3 aromatic rings. The summed E-state index contributed by atoms with van der Waals surface area (Å²) in [6.45, 7) is 1.67. The molecule has 2 aromatic carbocycles. The highest BCUT2D eigenvalue weighted by Crippen LogP contribution is 2.21. The summed E-state index contributed by atoms with van der Waals surface area (Å²) in [5, 5.41) is 11.6. The normalized spacial score (nSPS) is 15.8. The Bertz CT molecular complexity index is 1050. The van der Waals surface area contributed by atoms with Crippen LogP contribution in [0, 0.1) is 0 Å². The first-order valence-corrected chi connectivity index (χ1v) is 10.7. The molecule has 7 nitrogen and oxygen atoms in total. The van der Waals surface area contributed by atoms with Crippen LogP contribution >= 0.6 is 11.6 Å². The Balaban J connectivity index is 1.33.